The Morgan fingerprint density at radius 1 is 0.667 bits per heavy atom. The molecule has 2 unspecified atom stereocenters. The van der Waals surface area contributed by atoms with Gasteiger partial charge in [0, 0.05) is 69.9 Å². The number of aliphatic hydroxyl groups is 3. The summed E-state index contributed by atoms with van der Waals surface area (Å²) in [5, 5.41) is 30.1. The van der Waals surface area contributed by atoms with Crippen LogP contribution in [0.4, 0.5) is 0 Å². The maximum Gasteiger partial charge on any atom is 0.236 e. The molecule has 5 saturated heterocycles. The summed E-state index contributed by atoms with van der Waals surface area (Å²) in [6.07, 6.45) is 12.0. The molecule has 6 N–H and O–H groups in total. The van der Waals surface area contributed by atoms with Crippen LogP contribution in [0.2, 0.25) is 0 Å². The number of hydrogen-bond acceptors (Lipinski definition) is 10. The number of β-amino-alcohol motifs (C(OH)–C–C–N with tert-alkyl or cyclic N) is 1. The maximum atomic E-state index is 11.8. The lowest BCUT2D eigenvalue weighted by Crippen LogP contribution is -2.44. The zero-order chi connectivity index (χ0) is 43.1. The van der Waals surface area contributed by atoms with Gasteiger partial charge in [0.15, 0.2) is 0 Å². The van der Waals surface area contributed by atoms with E-state index in [1.807, 2.05) is 47.5 Å². The Morgan fingerprint density at radius 3 is 1.40 bits per heavy atom. The third-order valence-corrected chi connectivity index (χ3v) is 12.1. The van der Waals surface area contributed by atoms with E-state index < -0.39 is 6.23 Å². The van der Waals surface area contributed by atoms with Crippen LogP contribution < -0.4 is 11.1 Å². The second-order valence-electron chi connectivity index (χ2n) is 19.7. The van der Waals surface area contributed by atoms with Crippen LogP contribution in [-0.4, -0.2) is 168 Å². The molecule has 0 aromatic heterocycles. The average Bonchev–Trinajstić information content (AvgIpc) is 3.13. The fraction of sp³-hybridized carbons (Fsp3) is 0.956. The SMILES string of the molecule is CC1CCN(C(=O)CC(C)(C)N)CC1.CC1CCN(C(=O)CN(C)C)CC1.CC1CCN(C(O)CO)CC1.CC1CCN(CCO)CC1.CC1C[C@@H](C)N[C@@H](C)C1. The van der Waals surface area contributed by atoms with Gasteiger partial charge in [-0.15, -0.1) is 0 Å². The fourth-order valence-corrected chi connectivity index (χ4v) is 8.18. The fourth-order valence-electron chi connectivity index (χ4n) is 8.18. The number of nitrogens with one attached hydrogen (secondary N) is 1. The molecule has 0 aromatic rings. The van der Waals surface area contributed by atoms with Crippen LogP contribution in [0.15, 0.2) is 0 Å². The number of aliphatic hydroxyl groups excluding tert-OH is 3. The summed E-state index contributed by atoms with van der Waals surface area (Å²) < 4.78 is 0. The highest BCUT2D eigenvalue weighted by Crippen LogP contribution is 2.20. The number of likely N-dealkylation sites (tertiary alicyclic amines) is 4. The van der Waals surface area contributed by atoms with Gasteiger partial charge in [-0.2, -0.15) is 0 Å². The van der Waals surface area contributed by atoms with E-state index >= 15 is 0 Å². The van der Waals surface area contributed by atoms with Gasteiger partial charge in [0.1, 0.15) is 6.23 Å². The summed E-state index contributed by atoms with van der Waals surface area (Å²) in [6.45, 7) is 29.2. The number of piperidine rings is 5. The molecule has 0 bridgehead atoms. The summed E-state index contributed by atoms with van der Waals surface area (Å²) in [7, 11) is 3.87. The van der Waals surface area contributed by atoms with E-state index in [2.05, 4.69) is 58.7 Å². The van der Waals surface area contributed by atoms with Crippen LogP contribution >= 0.6 is 0 Å². The number of carbonyl (C=O) groups is 2. The standard InChI is InChI=1S/C11H22N2O.C10H20N2O.C8H17NO2.C8H17NO.C8H17N/c1-9-4-6-13(7-5-9)10(14)8-11(2,3)12;1-9-4-6-12(7-5-9)10(13)8-11(2)3;1-7-2-4-9(5-3-7)8(11)6-10;1-8-2-4-9(5-3-8)6-7-10;1-6-4-7(2)9-8(3)5-6/h9H,4-8,12H2,1-3H3;9H,4-8H2,1-3H3;7-8,10-11H,2-6H2,1H3;8,10H,2-7H2,1H3;6-9H,4-5H2,1-3H3/t;;;;6?,7-,8+. The number of nitrogens with two attached hydrogens (primary N) is 1. The normalized spacial score (nSPS) is 25.4. The van der Waals surface area contributed by atoms with E-state index in [1.54, 1.807) is 0 Å². The van der Waals surface area contributed by atoms with Gasteiger partial charge >= 0.3 is 0 Å². The third-order valence-electron chi connectivity index (χ3n) is 12.1. The largest absolute Gasteiger partial charge is 0.395 e. The van der Waals surface area contributed by atoms with E-state index in [0.717, 1.165) is 113 Å². The van der Waals surface area contributed by atoms with Crippen molar-refractivity contribution in [3.8, 4) is 0 Å². The van der Waals surface area contributed by atoms with Crippen LogP contribution in [0.25, 0.3) is 0 Å². The molecule has 0 aliphatic carbocycles. The van der Waals surface area contributed by atoms with E-state index in [9.17, 15) is 14.7 Å². The average molecular weight is 812 g/mol. The summed E-state index contributed by atoms with van der Waals surface area (Å²) >= 11 is 0. The molecule has 5 heterocycles. The zero-order valence-electron chi connectivity index (χ0n) is 38.9. The molecule has 12 heteroatoms. The van der Waals surface area contributed by atoms with E-state index in [-0.39, 0.29) is 24.0 Å². The van der Waals surface area contributed by atoms with Crippen molar-refractivity contribution in [3.05, 3.63) is 0 Å². The molecule has 12 nitrogen and oxygen atoms in total. The second-order valence-corrected chi connectivity index (χ2v) is 19.7. The second kappa shape index (κ2) is 29.0. The Kier molecular flexibility index (Phi) is 27.3. The van der Waals surface area contributed by atoms with Gasteiger partial charge in [-0.25, -0.2) is 0 Å². The van der Waals surface area contributed by atoms with Crippen LogP contribution in [0, 0.1) is 29.6 Å². The molecule has 4 atom stereocenters. The smallest absolute Gasteiger partial charge is 0.236 e. The van der Waals surface area contributed by atoms with Crippen molar-refractivity contribution in [1.82, 2.24) is 29.8 Å². The quantitative estimate of drug-likeness (QED) is 0.234. The Bertz CT molecular complexity index is 1000. The molecule has 0 saturated carbocycles. The lowest BCUT2D eigenvalue weighted by atomic mass is 9.91. The van der Waals surface area contributed by atoms with Gasteiger partial charge in [0.05, 0.1) is 19.8 Å². The van der Waals surface area contributed by atoms with Crippen LogP contribution in [0.5, 0.6) is 0 Å². The van der Waals surface area contributed by atoms with Crippen LogP contribution in [0.3, 0.4) is 0 Å². The van der Waals surface area contributed by atoms with Gasteiger partial charge < -0.3 is 46.0 Å². The van der Waals surface area contributed by atoms with Gasteiger partial charge in [0.2, 0.25) is 11.8 Å². The van der Waals surface area contributed by atoms with Gasteiger partial charge in [-0.05, 0) is 149 Å². The minimum absolute atomic E-state index is 0.144. The van der Waals surface area contributed by atoms with Crippen molar-refractivity contribution in [3.63, 3.8) is 0 Å². The first-order chi connectivity index (χ1) is 26.7. The first kappa shape index (κ1) is 53.6. The van der Waals surface area contributed by atoms with Crippen molar-refractivity contribution in [2.24, 2.45) is 35.3 Å². The highest BCUT2D eigenvalue weighted by atomic mass is 16.3. The molecule has 0 aromatic carbocycles. The molecular weight excluding hydrogens is 719 g/mol. The Labute approximate surface area is 350 Å². The highest BCUT2D eigenvalue weighted by molar-refractivity contribution is 5.78. The predicted molar refractivity (Wildman–Crippen MR) is 237 cm³/mol. The molecule has 0 spiro atoms. The van der Waals surface area contributed by atoms with Crippen molar-refractivity contribution >= 4 is 11.8 Å². The first-order valence-corrected chi connectivity index (χ1v) is 22.8. The van der Waals surface area contributed by atoms with E-state index in [1.165, 1.54) is 51.6 Å². The minimum atomic E-state index is -0.637. The molecule has 5 rings (SSSR count). The number of carbonyl (C=O) groups excluding carboxylic acids is 2. The molecule has 5 aliphatic heterocycles. The first-order valence-electron chi connectivity index (χ1n) is 22.8. The third kappa shape index (κ3) is 25.8. The lowest BCUT2D eigenvalue weighted by Gasteiger charge is -2.32. The molecule has 57 heavy (non-hydrogen) atoms. The Hall–Kier alpha value is -1.38. The van der Waals surface area contributed by atoms with E-state index in [4.69, 9.17) is 15.9 Å². The van der Waals surface area contributed by atoms with Crippen molar-refractivity contribution in [2.75, 3.05) is 92.8 Å². The lowest BCUT2D eigenvalue weighted by molar-refractivity contribution is -0.134. The Morgan fingerprint density at radius 2 is 1.05 bits per heavy atom. The molecule has 338 valence electrons. The number of likely N-dealkylation sites (N-methyl/N-ethyl adjacent to an activating group) is 1. The topological polar surface area (TPSA) is 149 Å². The molecular formula is C45H93N7O5. The van der Waals surface area contributed by atoms with Gasteiger partial charge in [-0.1, -0.05) is 34.6 Å². The monoisotopic (exact) mass is 812 g/mol. The minimum Gasteiger partial charge on any atom is -0.395 e. The van der Waals surface area contributed by atoms with Gasteiger partial charge in [-0.3, -0.25) is 14.5 Å². The highest BCUT2D eigenvalue weighted by Gasteiger charge is 2.25. The number of amides is 2. The summed E-state index contributed by atoms with van der Waals surface area (Å²) in [5.74, 6) is 4.65. The Balaban J connectivity index is 0.000000359. The van der Waals surface area contributed by atoms with Crippen molar-refractivity contribution < 1.29 is 24.9 Å². The maximum absolute atomic E-state index is 11.8. The van der Waals surface area contributed by atoms with Gasteiger partial charge in [0.25, 0.3) is 0 Å². The van der Waals surface area contributed by atoms with E-state index in [0.29, 0.717) is 19.6 Å². The van der Waals surface area contributed by atoms with Crippen molar-refractivity contribution in [2.45, 2.75) is 157 Å². The zero-order valence-corrected chi connectivity index (χ0v) is 38.9. The predicted octanol–water partition coefficient (Wildman–Crippen LogP) is 4.70. The molecule has 0 radical (unpaired) electrons. The summed E-state index contributed by atoms with van der Waals surface area (Å²) in [4.78, 5) is 33.5. The molecule has 5 fully saturated rings. The van der Waals surface area contributed by atoms with Crippen molar-refractivity contribution in [1.29, 1.82) is 0 Å². The number of rotatable bonds is 8. The van der Waals surface area contributed by atoms with Crippen LogP contribution in [0.1, 0.15) is 133 Å². The summed E-state index contributed by atoms with van der Waals surface area (Å²) in [5.41, 5.74) is 5.45. The molecule has 5 aliphatic rings. The number of hydrogen-bond donors (Lipinski definition) is 5. The van der Waals surface area contributed by atoms with Crippen LogP contribution in [-0.2, 0) is 9.59 Å². The number of nitrogens with zero attached hydrogens (tertiary/aromatic N) is 5. The molecule has 2 amide bonds. The summed E-state index contributed by atoms with van der Waals surface area (Å²) in [6, 6.07) is 1.48.